The first-order valence-corrected chi connectivity index (χ1v) is 8.82. The van der Waals surface area contributed by atoms with Crippen LogP contribution in [0.1, 0.15) is 31.7 Å². The summed E-state index contributed by atoms with van der Waals surface area (Å²) in [5.41, 5.74) is 1.54. The van der Waals surface area contributed by atoms with E-state index in [1.807, 2.05) is 0 Å². The first kappa shape index (κ1) is 14.4. The van der Waals surface area contributed by atoms with Crippen molar-refractivity contribution in [3.05, 3.63) is 29.8 Å². The second-order valence-corrected chi connectivity index (χ2v) is 7.18. The van der Waals surface area contributed by atoms with Crippen LogP contribution < -0.4 is 5.32 Å². The van der Waals surface area contributed by atoms with Gasteiger partial charge in [-0.15, -0.1) is 11.8 Å². The van der Waals surface area contributed by atoms with Gasteiger partial charge >= 0.3 is 0 Å². The second-order valence-electron chi connectivity index (χ2n) is 5.90. The third kappa shape index (κ3) is 3.21. The SMILES string of the molecule is CCCNC(C1CCOCC1)C1Cc2ccccc2S1. The normalized spacial score (nSPS) is 24.6. The topological polar surface area (TPSA) is 21.3 Å². The van der Waals surface area contributed by atoms with Crippen molar-refractivity contribution in [1.82, 2.24) is 5.32 Å². The molecule has 0 aliphatic carbocycles. The molecule has 0 aromatic heterocycles. The molecule has 3 heteroatoms. The molecule has 2 nitrogen and oxygen atoms in total. The Balaban J connectivity index is 1.70. The summed E-state index contributed by atoms with van der Waals surface area (Å²) >= 11 is 2.09. The number of nitrogens with one attached hydrogen (secondary N) is 1. The van der Waals surface area contributed by atoms with Crippen LogP contribution in [0.2, 0.25) is 0 Å². The van der Waals surface area contributed by atoms with Crippen LogP contribution in [0.15, 0.2) is 29.2 Å². The number of rotatable bonds is 5. The van der Waals surface area contributed by atoms with Crippen LogP contribution in [0.5, 0.6) is 0 Å². The van der Waals surface area contributed by atoms with Crippen LogP contribution in [0.4, 0.5) is 0 Å². The van der Waals surface area contributed by atoms with Gasteiger partial charge in [-0.05, 0) is 49.8 Å². The lowest BCUT2D eigenvalue weighted by Gasteiger charge is -2.34. The van der Waals surface area contributed by atoms with E-state index in [-0.39, 0.29) is 0 Å². The van der Waals surface area contributed by atoms with Gasteiger partial charge in [0.15, 0.2) is 0 Å². The molecule has 2 unspecified atom stereocenters. The Hall–Kier alpha value is -0.510. The minimum Gasteiger partial charge on any atom is -0.381 e. The Morgan fingerprint density at radius 3 is 2.85 bits per heavy atom. The fourth-order valence-corrected chi connectivity index (χ4v) is 4.91. The van der Waals surface area contributed by atoms with Gasteiger partial charge in [0.25, 0.3) is 0 Å². The average Bonchev–Trinajstić information content (AvgIpc) is 2.92. The van der Waals surface area contributed by atoms with Gasteiger partial charge in [0.1, 0.15) is 0 Å². The minimum atomic E-state index is 0.635. The molecular formula is C17H25NOS. The standard InChI is InChI=1S/C17H25NOS/c1-2-9-18-17(13-7-10-19-11-8-13)16-12-14-5-3-4-6-15(14)20-16/h3-6,13,16-18H,2,7-12H2,1H3. The van der Waals surface area contributed by atoms with Crippen molar-refractivity contribution in [2.45, 2.75) is 48.8 Å². The van der Waals surface area contributed by atoms with E-state index in [2.05, 4.69) is 48.3 Å². The number of hydrogen-bond acceptors (Lipinski definition) is 3. The molecule has 1 fully saturated rings. The Morgan fingerprint density at radius 1 is 1.30 bits per heavy atom. The van der Waals surface area contributed by atoms with Gasteiger partial charge < -0.3 is 10.1 Å². The summed E-state index contributed by atoms with van der Waals surface area (Å²) < 4.78 is 5.54. The van der Waals surface area contributed by atoms with E-state index in [1.165, 1.54) is 36.1 Å². The lowest BCUT2D eigenvalue weighted by molar-refractivity contribution is 0.0535. The molecule has 0 saturated carbocycles. The highest BCUT2D eigenvalue weighted by Crippen LogP contribution is 2.41. The number of hydrogen-bond donors (Lipinski definition) is 1. The number of ether oxygens (including phenoxy) is 1. The average molecular weight is 291 g/mol. The van der Waals surface area contributed by atoms with Gasteiger partial charge in [-0.25, -0.2) is 0 Å². The van der Waals surface area contributed by atoms with Crippen LogP contribution >= 0.6 is 11.8 Å². The van der Waals surface area contributed by atoms with Crippen molar-refractivity contribution < 1.29 is 4.74 Å². The third-order valence-electron chi connectivity index (χ3n) is 4.48. The summed E-state index contributed by atoms with van der Waals surface area (Å²) in [5, 5.41) is 4.54. The summed E-state index contributed by atoms with van der Waals surface area (Å²) in [6.45, 7) is 5.28. The van der Waals surface area contributed by atoms with Crippen LogP contribution in [-0.4, -0.2) is 31.1 Å². The zero-order chi connectivity index (χ0) is 13.8. The van der Waals surface area contributed by atoms with E-state index in [0.29, 0.717) is 11.3 Å². The molecule has 20 heavy (non-hydrogen) atoms. The van der Waals surface area contributed by atoms with Crippen molar-refractivity contribution in [2.75, 3.05) is 19.8 Å². The van der Waals surface area contributed by atoms with E-state index in [0.717, 1.165) is 25.7 Å². The molecule has 1 N–H and O–H groups in total. The molecule has 2 atom stereocenters. The van der Waals surface area contributed by atoms with Crippen molar-refractivity contribution in [3.8, 4) is 0 Å². The summed E-state index contributed by atoms with van der Waals surface area (Å²) in [6.07, 6.45) is 4.87. The van der Waals surface area contributed by atoms with Gasteiger partial charge in [0.05, 0.1) is 0 Å². The quantitative estimate of drug-likeness (QED) is 0.897. The molecule has 1 aromatic rings. The van der Waals surface area contributed by atoms with Crippen molar-refractivity contribution in [2.24, 2.45) is 5.92 Å². The second kappa shape index (κ2) is 6.97. The summed E-state index contributed by atoms with van der Waals surface area (Å²) in [5.74, 6) is 0.780. The van der Waals surface area contributed by atoms with Gasteiger partial charge in [-0.3, -0.25) is 0 Å². The lowest BCUT2D eigenvalue weighted by atomic mass is 9.87. The number of benzene rings is 1. The predicted molar refractivity (Wildman–Crippen MR) is 85.4 cm³/mol. The molecular weight excluding hydrogens is 266 g/mol. The molecule has 0 bridgehead atoms. The maximum Gasteiger partial charge on any atom is 0.0469 e. The number of fused-ring (bicyclic) bond motifs is 1. The molecule has 0 spiro atoms. The largest absolute Gasteiger partial charge is 0.381 e. The summed E-state index contributed by atoms with van der Waals surface area (Å²) in [7, 11) is 0. The molecule has 2 aliphatic heterocycles. The molecule has 2 aliphatic rings. The maximum atomic E-state index is 5.54. The number of thioether (sulfide) groups is 1. The fourth-order valence-electron chi connectivity index (χ4n) is 3.40. The van der Waals surface area contributed by atoms with E-state index < -0.39 is 0 Å². The Kier molecular flexibility index (Phi) is 5.03. The van der Waals surface area contributed by atoms with Crippen LogP contribution in [0, 0.1) is 5.92 Å². The lowest BCUT2D eigenvalue weighted by Crippen LogP contribution is -2.46. The highest BCUT2D eigenvalue weighted by Gasteiger charge is 2.34. The highest BCUT2D eigenvalue weighted by molar-refractivity contribution is 8.00. The van der Waals surface area contributed by atoms with E-state index in [1.54, 1.807) is 0 Å². The first-order chi connectivity index (χ1) is 9.88. The van der Waals surface area contributed by atoms with Gasteiger partial charge in [0.2, 0.25) is 0 Å². The van der Waals surface area contributed by atoms with E-state index >= 15 is 0 Å². The monoisotopic (exact) mass is 291 g/mol. The highest BCUT2D eigenvalue weighted by atomic mass is 32.2. The Bertz CT molecular complexity index is 406. The van der Waals surface area contributed by atoms with Crippen LogP contribution in [0.25, 0.3) is 0 Å². The summed E-state index contributed by atoms with van der Waals surface area (Å²) in [4.78, 5) is 1.49. The molecule has 2 heterocycles. The Labute approximate surface area is 126 Å². The van der Waals surface area contributed by atoms with Crippen molar-refractivity contribution >= 4 is 11.8 Å². The van der Waals surface area contributed by atoms with Crippen LogP contribution in [0.3, 0.4) is 0 Å². The summed E-state index contributed by atoms with van der Waals surface area (Å²) in [6, 6.07) is 9.54. The molecule has 3 rings (SSSR count). The van der Waals surface area contributed by atoms with Crippen LogP contribution in [-0.2, 0) is 11.2 Å². The first-order valence-electron chi connectivity index (χ1n) is 7.94. The Morgan fingerprint density at radius 2 is 2.10 bits per heavy atom. The third-order valence-corrected chi connectivity index (χ3v) is 5.89. The maximum absolute atomic E-state index is 5.54. The predicted octanol–water partition coefficient (Wildman–Crippen LogP) is 3.50. The van der Waals surface area contributed by atoms with Crippen molar-refractivity contribution in [1.29, 1.82) is 0 Å². The van der Waals surface area contributed by atoms with E-state index in [4.69, 9.17) is 4.74 Å². The molecule has 0 amide bonds. The fraction of sp³-hybridized carbons (Fsp3) is 0.647. The van der Waals surface area contributed by atoms with Gasteiger partial charge in [0, 0.05) is 29.4 Å². The van der Waals surface area contributed by atoms with Crippen molar-refractivity contribution in [3.63, 3.8) is 0 Å². The molecule has 110 valence electrons. The zero-order valence-corrected chi connectivity index (χ0v) is 13.1. The zero-order valence-electron chi connectivity index (χ0n) is 12.3. The minimum absolute atomic E-state index is 0.635. The van der Waals surface area contributed by atoms with Gasteiger partial charge in [-0.1, -0.05) is 25.1 Å². The smallest absolute Gasteiger partial charge is 0.0469 e. The molecule has 0 radical (unpaired) electrons. The molecule has 1 saturated heterocycles. The van der Waals surface area contributed by atoms with E-state index in [9.17, 15) is 0 Å². The van der Waals surface area contributed by atoms with Gasteiger partial charge in [-0.2, -0.15) is 0 Å². The molecule has 1 aromatic carbocycles.